The number of thioether (sulfide) groups is 1. The van der Waals surface area contributed by atoms with Crippen molar-refractivity contribution in [3.63, 3.8) is 0 Å². The van der Waals surface area contributed by atoms with E-state index < -0.39 is 0 Å². The van der Waals surface area contributed by atoms with Crippen molar-refractivity contribution in [1.29, 1.82) is 0 Å². The second-order valence-electron chi connectivity index (χ2n) is 3.43. The van der Waals surface area contributed by atoms with E-state index in [-0.39, 0.29) is 0 Å². The summed E-state index contributed by atoms with van der Waals surface area (Å²) in [6.45, 7) is 3.30. The van der Waals surface area contributed by atoms with Gasteiger partial charge in [0.1, 0.15) is 0 Å². The van der Waals surface area contributed by atoms with Gasteiger partial charge in [-0.25, -0.2) is 0 Å². The largest absolute Gasteiger partial charge is 0.330 e. The molecule has 72 valence electrons. The Hall–Kier alpha value is 0.270. The van der Waals surface area contributed by atoms with Crippen LogP contribution < -0.4 is 11.1 Å². The average molecular weight is 188 g/mol. The highest BCUT2D eigenvalue weighted by molar-refractivity contribution is 7.99. The van der Waals surface area contributed by atoms with Crippen LogP contribution in [0.3, 0.4) is 0 Å². The van der Waals surface area contributed by atoms with Gasteiger partial charge in [-0.1, -0.05) is 0 Å². The molecule has 0 aromatic heterocycles. The number of hydrogen-bond donors (Lipinski definition) is 2. The first-order chi connectivity index (χ1) is 5.93. The summed E-state index contributed by atoms with van der Waals surface area (Å²) in [6.07, 6.45) is 3.95. The van der Waals surface area contributed by atoms with Crippen LogP contribution in [-0.4, -0.2) is 31.1 Å². The summed E-state index contributed by atoms with van der Waals surface area (Å²) >= 11 is 2.06. The maximum Gasteiger partial charge on any atom is -0.00126 e. The van der Waals surface area contributed by atoms with E-state index in [2.05, 4.69) is 17.1 Å². The van der Waals surface area contributed by atoms with Gasteiger partial charge in [0.2, 0.25) is 0 Å². The lowest BCUT2D eigenvalue weighted by Gasteiger charge is -2.22. The molecular weight excluding hydrogens is 168 g/mol. The van der Waals surface area contributed by atoms with Crippen molar-refractivity contribution in [2.24, 2.45) is 11.7 Å². The second kappa shape index (κ2) is 6.75. The van der Waals surface area contributed by atoms with Crippen LogP contribution in [0.5, 0.6) is 0 Å². The first kappa shape index (κ1) is 10.4. The predicted octanol–water partition coefficient (Wildman–Crippen LogP) is 1.07. The van der Waals surface area contributed by atoms with Crippen LogP contribution in [0, 0.1) is 5.92 Å². The molecule has 1 heterocycles. The van der Waals surface area contributed by atoms with Crippen molar-refractivity contribution in [3.05, 3.63) is 0 Å². The van der Waals surface area contributed by atoms with E-state index in [4.69, 9.17) is 5.73 Å². The fourth-order valence-electron chi connectivity index (χ4n) is 1.50. The van der Waals surface area contributed by atoms with Crippen LogP contribution in [0.1, 0.15) is 19.3 Å². The fraction of sp³-hybridized carbons (Fsp3) is 1.00. The number of nitrogens with two attached hydrogens (primary N) is 1. The van der Waals surface area contributed by atoms with E-state index in [9.17, 15) is 0 Å². The molecule has 1 fully saturated rings. The molecule has 1 aliphatic heterocycles. The lowest BCUT2D eigenvalue weighted by Crippen LogP contribution is -2.31. The van der Waals surface area contributed by atoms with E-state index in [0.717, 1.165) is 12.5 Å². The molecule has 12 heavy (non-hydrogen) atoms. The van der Waals surface area contributed by atoms with Crippen molar-refractivity contribution in [1.82, 2.24) is 5.32 Å². The van der Waals surface area contributed by atoms with E-state index in [1.54, 1.807) is 0 Å². The standard InChI is InChI=1S/C9H20N2S/c10-4-2-6-12-8-9-3-1-5-11-7-9/h9,11H,1-8,10H2. The molecule has 0 bridgehead atoms. The van der Waals surface area contributed by atoms with Crippen molar-refractivity contribution in [2.75, 3.05) is 31.1 Å². The highest BCUT2D eigenvalue weighted by atomic mass is 32.2. The molecule has 1 rings (SSSR count). The highest BCUT2D eigenvalue weighted by Gasteiger charge is 2.11. The first-order valence-electron chi connectivity index (χ1n) is 4.92. The summed E-state index contributed by atoms with van der Waals surface area (Å²) in [6, 6.07) is 0. The molecule has 0 radical (unpaired) electrons. The van der Waals surface area contributed by atoms with Crippen LogP contribution in [0.15, 0.2) is 0 Å². The lowest BCUT2D eigenvalue weighted by atomic mass is 10.0. The van der Waals surface area contributed by atoms with Gasteiger partial charge >= 0.3 is 0 Å². The molecule has 0 aromatic rings. The van der Waals surface area contributed by atoms with Gasteiger partial charge in [0.25, 0.3) is 0 Å². The van der Waals surface area contributed by atoms with Crippen molar-refractivity contribution in [2.45, 2.75) is 19.3 Å². The Labute approximate surface area is 79.7 Å². The molecule has 1 unspecified atom stereocenters. The number of nitrogens with one attached hydrogen (secondary N) is 1. The van der Waals surface area contributed by atoms with Crippen LogP contribution in [0.4, 0.5) is 0 Å². The zero-order chi connectivity index (χ0) is 8.65. The van der Waals surface area contributed by atoms with Gasteiger partial charge in [0, 0.05) is 0 Å². The minimum absolute atomic E-state index is 0.843. The SMILES string of the molecule is NCCCSCC1CCCNC1. The molecule has 0 spiro atoms. The summed E-state index contributed by atoms with van der Waals surface area (Å²) in [5, 5.41) is 3.44. The summed E-state index contributed by atoms with van der Waals surface area (Å²) in [4.78, 5) is 0. The predicted molar refractivity (Wildman–Crippen MR) is 56.6 cm³/mol. The second-order valence-corrected chi connectivity index (χ2v) is 4.58. The normalized spacial score (nSPS) is 24.2. The Morgan fingerprint density at radius 3 is 3.08 bits per heavy atom. The van der Waals surface area contributed by atoms with Gasteiger partial charge in [0.05, 0.1) is 0 Å². The van der Waals surface area contributed by atoms with Crippen molar-refractivity contribution < 1.29 is 0 Å². The Morgan fingerprint density at radius 1 is 1.50 bits per heavy atom. The molecule has 0 amide bonds. The zero-order valence-corrected chi connectivity index (χ0v) is 8.54. The third-order valence-corrected chi connectivity index (χ3v) is 3.53. The van der Waals surface area contributed by atoms with Crippen molar-refractivity contribution in [3.8, 4) is 0 Å². The van der Waals surface area contributed by atoms with Gasteiger partial charge < -0.3 is 11.1 Å². The molecule has 0 aromatic carbocycles. The zero-order valence-electron chi connectivity index (χ0n) is 7.72. The molecule has 1 atom stereocenters. The molecule has 3 N–H and O–H groups in total. The molecule has 3 heteroatoms. The molecule has 1 saturated heterocycles. The average Bonchev–Trinajstić information content (AvgIpc) is 2.14. The lowest BCUT2D eigenvalue weighted by molar-refractivity contribution is 0.410. The Bertz CT molecular complexity index is 103. The Balaban J connectivity index is 1.91. The monoisotopic (exact) mass is 188 g/mol. The van der Waals surface area contributed by atoms with E-state index in [0.29, 0.717) is 0 Å². The van der Waals surface area contributed by atoms with Gasteiger partial charge in [0.15, 0.2) is 0 Å². The van der Waals surface area contributed by atoms with Gasteiger partial charge in [-0.05, 0) is 56.3 Å². The number of piperidine rings is 1. The van der Waals surface area contributed by atoms with Crippen LogP contribution in [0.25, 0.3) is 0 Å². The fourth-order valence-corrected chi connectivity index (χ4v) is 2.66. The van der Waals surface area contributed by atoms with Gasteiger partial charge in [-0.15, -0.1) is 0 Å². The first-order valence-corrected chi connectivity index (χ1v) is 6.07. The molecule has 0 aliphatic carbocycles. The Kier molecular flexibility index (Phi) is 5.82. The number of rotatable bonds is 5. The van der Waals surface area contributed by atoms with E-state index in [1.807, 2.05) is 0 Å². The van der Waals surface area contributed by atoms with Gasteiger partial charge in [-0.2, -0.15) is 11.8 Å². The smallest absolute Gasteiger partial charge is 0.00126 e. The molecule has 2 nitrogen and oxygen atoms in total. The number of hydrogen-bond acceptors (Lipinski definition) is 3. The Morgan fingerprint density at radius 2 is 2.42 bits per heavy atom. The van der Waals surface area contributed by atoms with Crippen LogP contribution in [-0.2, 0) is 0 Å². The summed E-state index contributed by atoms with van der Waals surface area (Å²) in [7, 11) is 0. The van der Waals surface area contributed by atoms with Gasteiger partial charge in [-0.3, -0.25) is 0 Å². The topological polar surface area (TPSA) is 38.0 Å². The quantitative estimate of drug-likeness (QED) is 0.634. The van der Waals surface area contributed by atoms with E-state index in [1.165, 1.54) is 43.9 Å². The summed E-state index contributed by atoms with van der Waals surface area (Å²) in [5.74, 6) is 3.49. The molecule has 1 aliphatic rings. The van der Waals surface area contributed by atoms with Crippen LogP contribution in [0.2, 0.25) is 0 Å². The van der Waals surface area contributed by atoms with Crippen molar-refractivity contribution >= 4 is 11.8 Å². The summed E-state index contributed by atoms with van der Waals surface area (Å²) in [5.41, 5.74) is 5.42. The van der Waals surface area contributed by atoms with Crippen LogP contribution >= 0.6 is 11.8 Å². The maximum absolute atomic E-state index is 5.42. The molecular formula is C9H20N2S. The third kappa shape index (κ3) is 4.33. The minimum atomic E-state index is 0.843. The maximum atomic E-state index is 5.42. The third-order valence-electron chi connectivity index (χ3n) is 2.25. The highest BCUT2D eigenvalue weighted by Crippen LogP contribution is 2.16. The molecule has 0 saturated carbocycles. The summed E-state index contributed by atoms with van der Waals surface area (Å²) < 4.78 is 0. The minimum Gasteiger partial charge on any atom is -0.330 e. The van der Waals surface area contributed by atoms with E-state index >= 15 is 0 Å².